The highest BCUT2D eigenvalue weighted by atomic mass is 19.4. The van der Waals surface area contributed by atoms with E-state index in [4.69, 9.17) is 10.5 Å². The van der Waals surface area contributed by atoms with Gasteiger partial charge in [0.15, 0.2) is 0 Å². The van der Waals surface area contributed by atoms with Gasteiger partial charge < -0.3 is 15.6 Å². The zero-order valence-corrected chi connectivity index (χ0v) is 9.48. The van der Waals surface area contributed by atoms with E-state index in [1.165, 1.54) is 18.2 Å². The van der Waals surface area contributed by atoms with E-state index < -0.39 is 11.9 Å². The van der Waals surface area contributed by atoms with Crippen LogP contribution in [0.25, 0.3) is 0 Å². The van der Waals surface area contributed by atoms with Gasteiger partial charge >= 0.3 is 6.18 Å². The Morgan fingerprint density at radius 3 is 2.32 bits per heavy atom. The number of hydrogen-bond acceptors (Lipinski definition) is 4. The number of nitrogens with two attached hydrogens (primary N) is 1. The van der Waals surface area contributed by atoms with Crippen molar-refractivity contribution in [3.05, 3.63) is 42.2 Å². The molecular formula is C12H9F3N2O2. The molecule has 100 valence electrons. The largest absolute Gasteiger partial charge is 0.506 e. The molecule has 2 rings (SSSR count). The zero-order valence-electron chi connectivity index (χ0n) is 9.48. The van der Waals surface area contributed by atoms with Crippen molar-refractivity contribution in [3.8, 4) is 17.2 Å². The molecule has 0 aliphatic carbocycles. The van der Waals surface area contributed by atoms with E-state index in [1.54, 1.807) is 0 Å². The first kappa shape index (κ1) is 13.0. The summed E-state index contributed by atoms with van der Waals surface area (Å²) >= 11 is 0. The number of rotatable bonds is 2. The van der Waals surface area contributed by atoms with Crippen molar-refractivity contribution < 1.29 is 23.0 Å². The summed E-state index contributed by atoms with van der Waals surface area (Å²) in [6.07, 6.45) is -3.53. The summed E-state index contributed by atoms with van der Waals surface area (Å²) in [5.74, 6) is 0.197. The van der Waals surface area contributed by atoms with Gasteiger partial charge in [-0.2, -0.15) is 13.2 Å². The Hall–Kier alpha value is -2.44. The molecule has 7 heteroatoms. The predicted octanol–water partition coefficient (Wildman–Crippen LogP) is 3.18. The number of phenolic OH excluding ortho intramolecular Hbond substituents is 1. The van der Waals surface area contributed by atoms with Crippen molar-refractivity contribution in [2.24, 2.45) is 0 Å². The molecule has 0 radical (unpaired) electrons. The van der Waals surface area contributed by atoms with E-state index in [0.29, 0.717) is 0 Å². The third kappa shape index (κ3) is 3.06. The van der Waals surface area contributed by atoms with E-state index in [-0.39, 0.29) is 22.9 Å². The molecule has 1 aromatic heterocycles. The summed E-state index contributed by atoms with van der Waals surface area (Å²) in [6, 6.07) is 6.11. The Bertz CT molecular complexity index is 583. The van der Waals surface area contributed by atoms with Crippen LogP contribution < -0.4 is 10.5 Å². The Kier molecular flexibility index (Phi) is 3.20. The minimum absolute atomic E-state index is 0.122. The third-order valence-corrected chi connectivity index (χ3v) is 2.26. The second-order valence-electron chi connectivity index (χ2n) is 3.70. The maximum Gasteiger partial charge on any atom is 0.433 e. The second-order valence-corrected chi connectivity index (χ2v) is 3.70. The van der Waals surface area contributed by atoms with Crippen molar-refractivity contribution in [3.63, 3.8) is 0 Å². The number of ether oxygens (including phenoxy) is 1. The van der Waals surface area contributed by atoms with E-state index in [0.717, 1.165) is 18.3 Å². The third-order valence-electron chi connectivity index (χ3n) is 2.26. The van der Waals surface area contributed by atoms with Crippen LogP contribution >= 0.6 is 0 Å². The first-order chi connectivity index (χ1) is 8.86. The van der Waals surface area contributed by atoms with Crippen molar-refractivity contribution in [2.75, 3.05) is 5.73 Å². The SMILES string of the molecule is Nc1ccc(Oc2ccc(C(F)(F)F)nc2)cc1O. The summed E-state index contributed by atoms with van der Waals surface area (Å²) in [5.41, 5.74) is 4.59. The van der Waals surface area contributed by atoms with Crippen molar-refractivity contribution in [1.82, 2.24) is 4.98 Å². The van der Waals surface area contributed by atoms with Crippen LogP contribution in [0.5, 0.6) is 17.2 Å². The molecule has 0 saturated carbocycles. The van der Waals surface area contributed by atoms with Crippen molar-refractivity contribution in [2.45, 2.75) is 6.18 Å². The maximum atomic E-state index is 12.3. The van der Waals surface area contributed by atoms with E-state index in [2.05, 4.69) is 4.98 Å². The first-order valence-corrected chi connectivity index (χ1v) is 5.16. The molecule has 3 N–H and O–H groups in total. The zero-order chi connectivity index (χ0) is 14.0. The number of nitrogens with zero attached hydrogens (tertiary/aromatic N) is 1. The van der Waals surface area contributed by atoms with Gasteiger partial charge in [-0.05, 0) is 24.3 Å². The van der Waals surface area contributed by atoms with Crippen LogP contribution in [0, 0.1) is 0 Å². The number of aromatic hydroxyl groups is 1. The molecular weight excluding hydrogens is 261 g/mol. The molecule has 2 aromatic rings. The van der Waals surface area contributed by atoms with E-state index in [9.17, 15) is 18.3 Å². The van der Waals surface area contributed by atoms with Crippen LogP contribution in [0.1, 0.15) is 5.69 Å². The average molecular weight is 270 g/mol. The van der Waals surface area contributed by atoms with Gasteiger partial charge in [-0.25, -0.2) is 4.98 Å². The highest BCUT2D eigenvalue weighted by Gasteiger charge is 2.32. The molecule has 0 atom stereocenters. The van der Waals surface area contributed by atoms with Gasteiger partial charge in [0.1, 0.15) is 22.9 Å². The van der Waals surface area contributed by atoms with Crippen LogP contribution in [0.4, 0.5) is 18.9 Å². The Morgan fingerprint density at radius 1 is 1.11 bits per heavy atom. The lowest BCUT2D eigenvalue weighted by Crippen LogP contribution is -2.07. The second kappa shape index (κ2) is 4.68. The van der Waals surface area contributed by atoms with Crippen molar-refractivity contribution >= 4 is 5.69 Å². The minimum Gasteiger partial charge on any atom is -0.506 e. The van der Waals surface area contributed by atoms with Gasteiger partial charge in [-0.1, -0.05) is 0 Å². The lowest BCUT2D eigenvalue weighted by atomic mass is 10.3. The first-order valence-electron chi connectivity index (χ1n) is 5.16. The molecule has 0 spiro atoms. The monoisotopic (exact) mass is 270 g/mol. The van der Waals surface area contributed by atoms with Gasteiger partial charge in [0.05, 0.1) is 11.9 Å². The van der Waals surface area contributed by atoms with Gasteiger partial charge in [-0.3, -0.25) is 0 Å². The molecule has 1 aromatic carbocycles. The Labute approximate surface area is 106 Å². The van der Waals surface area contributed by atoms with Crippen LogP contribution in [0.3, 0.4) is 0 Å². The van der Waals surface area contributed by atoms with Crippen molar-refractivity contribution in [1.29, 1.82) is 0 Å². The molecule has 4 nitrogen and oxygen atoms in total. The topological polar surface area (TPSA) is 68.4 Å². The summed E-state index contributed by atoms with van der Waals surface area (Å²) in [5, 5.41) is 9.36. The number of phenols is 1. The molecule has 0 amide bonds. The fourth-order valence-corrected chi connectivity index (χ4v) is 1.33. The van der Waals surface area contributed by atoms with Gasteiger partial charge in [0.2, 0.25) is 0 Å². The fourth-order valence-electron chi connectivity index (χ4n) is 1.33. The lowest BCUT2D eigenvalue weighted by molar-refractivity contribution is -0.141. The molecule has 0 unspecified atom stereocenters. The normalized spacial score (nSPS) is 11.3. The lowest BCUT2D eigenvalue weighted by Gasteiger charge is -2.08. The van der Waals surface area contributed by atoms with Gasteiger partial charge in [-0.15, -0.1) is 0 Å². The molecule has 0 fully saturated rings. The van der Waals surface area contributed by atoms with Crippen LogP contribution in [0.2, 0.25) is 0 Å². The quantitative estimate of drug-likeness (QED) is 0.649. The number of hydrogen-bond donors (Lipinski definition) is 2. The van der Waals surface area contributed by atoms with Crippen LogP contribution in [0.15, 0.2) is 36.5 Å². The number of pyridine rings is 1. The predicted molar refractivity (Wildman–Crippen MR) is 61.8 cm³/mol. The average Bonchev–Trinajstić information content (AvgIpc) is 2.33. The maximum absolute atomic E-state index is 12.3. The smallest absolute Gasteiger partial charge is 0.433 e. The number of anilines is 1. The van der Waals surface area contributed by atoms with Crippen LogP contribution in [-0.2, 0) is 6.18 Å². The molecule has 0 bridgehead atoms. The number of halogens is 3. The summed E-state index contributed by atoms with van der Waals surface area (Å²) in [6.45, 7) is 0. The Balaban J connectivity index is 2.17. The molecule has 0 aliphatic heterocycles. The number of aromatic nitrogens is 1. The Morgan fingerprint density at radius 2 is 1.79 bits per heavy atom. The summed E-state index contributed by atoms with van der Waals surface area (Å²) < 4.78 is 42.1. The molecule has 1 heterocycles. The van der Waals surface area contributed by atoms with E-state index in [1.807, 2.05) is 0 Å². The molecule has 0 aliphatic rings. The number of benzene rings is 1. The standard InChI is InChI=1S/C12H9F3N2O2/c13-12(14,15)11-4-2-8(6-17-11)19-7-1-3-9(16)10(18)5-7/h1-6,18H,16H2. The van der Waals surface area contributed by atoms with E-state index >= 15 is 0 Å². The highest BCUT2D eigenvalue weighted by Crippen LogP contribution is 2.31. The van der Waals surface area contributed by atoms with Gasteiger partial charge in [0.25, 0.3) is 0 Å². The highest BCUT2D eigenvalue weighted by molar-refractivity contribution is 5.55. The van der Waals surface area contributed by atoms with Gasteiger partial charge in [0, 0.05) is 6.07 Å². The summed E-state index contributed by atoms with van der Waals surface area (Å²) in [7, 11) is 0. The fraction of sp³-hybridized carbons (Fsp3) is 0.0833. The minimum atomic E-state index is -4.49. The summed E-state index contributed by atoms with van der Waals surface area (Å²) in [4.78, 5) is 3.25. The van der Waals surface area contributed by atoms with Crippen LogP contribution in [-0.4, -0.2) is 10.1 Å². The number of nitrogen functional groups attached to an aromatic ring is 1. The number of alkyl halides is 3. The molecule has 0 saturated heterocycles. The molecule has 19 heavy (non-hydrogen) atoms.